The topological polar surface area (TPSA) is 12.9 Å². The summed E-state index contributed by atoms with van der Waals surface area (Å²) in [5.74, 6) is 5.33. The second-order valence-electron chi connectivity index (χ2n) is 3.89. The van der Waals surface area contributed by atoms with E-state index in [9.17, 15) is 13.2 Å². The molecule has 2 rings (SSSR count). The van der Waals surface area contributed by atoms with E-state index < -0.39 is 12.6 Å². The lowest BCUT2D eigenvalue weighted by atomic mass is 9.91. The number of allylic oxidation sites excluding steroid dienone is 2. The molecule has 88 valence electrons. The minimum Gasteiger partial charge on any atom is -0.260 e. The molecule has 1 atom stereocenters. The number of hydrogen-bond acceptors (Lipinski definition) is 1. The van der Waals surface area contributed by atoms with Gasteiger partial charge in [0.25, 0.3) is 0 Å². The molecule has 0 amide bonds. The van der Waals surface area contributed by atoms with Crippen molar-refractivity contribution in [3.8, 4) is 11.8 Å². The fourth-order valence-corrected chi connectivity index (χ4v) is 1.76. The van der Waals surface area contributed by atoms with Crippen molar-refractivity contribution in [2.45, 2.75) is 24.9 Å². The molecule has 1 aromatic heterocycles. The van der Waals surface area contributed by atoms with Crippen molar-refractivity contribution in [3.63, 3.8) is 0 Å². The molecule has 1 aliphatic carbocycles. The summed E-state index contributed by atoms with van der Waals surface area (Å²) >= 11 is 0. The van der Waals surface area contributed by atoms with Crippen LogP contribution in [-0.2, 0) is 0 Å². The Bertz CT molecular complexity index is 477. The van der Waals surface area contributed by atoms with Crippen LogP contribution in [0.5, 0.6) is 0 Å². The summed E-state index contributed by atoms with van der Waals surface area (Å²) in [7, 11) is 0. The predicted molar refractivity (Wildman–Crippen MR) is 58.1 cm³/mol. The van der Waals surface area contributed by atoms with E-state index in [2.05, 4.69) is 16.8 Å². The van der Waals surface area contributed by atoms with Crippen molar-refractivity contribution >= 4 is 0 Å². The van der Waals surface area contributed by atoms with Gasteiger partial charge in [-0.3, -0.25) is 4.98 Å². The van der Waals surface area contributed by atoms with Crippen LogP contribution in [0, 0.1) is 11.8 Å². The molecule has 0 aromatic carbocycles. The molecule has 0 saturated carbocycles. The Balaban J connectivity index is 2.10. The molecule has 0 aliphatic heterocycles. The average Bonchev–Trinajstić information content (AvgIpc) is 2.28. The van der Waals surface area contributed by atoms with Gasteiger partial charge in [0, 0.05) is 6.20 Å². The largest absolute Gasteiger partial charge is 0.392 e. The third kappa shape index (κ3) is 3.35. The number of aromatic nitrogens is 1. The summed E-state index contributed by atoms with van der Waals surface area (Å²) in [5, 5.41) is 0. The molecule has 0 fully saturated rings. The van der Waals surface area contributed by atoms with E-state index in [1.54, 1.807) is 18.3 Å². The fourth-order valence-electron chi connectivity index (χ4n) is 1.76. The monoisotopic (exact) mass is 237 g/mol. The molecule has 0 N–H and O–H groups in total. The van der Waals surface area contributed by atoms with Crippen molar-refractivity contribution < 1.29 is 13.2 Å². The highest BCUT2D eigenvalue weighted by molar-refractivity contribution is 5.35. The highest BCUT2D eigenvalue weighted by Crippen LogP contribution is 2.31. The second kappa shape index (κ2) is 4.62. The zero-order valence-electron chi connectivity index (χ0n) is 8.96. The highest BCUT2D eigenvalue weighted by Gasteiger charge is 2.30. The quantitative estimate of drug-likeness (QED) is 0.718. The molecule has 1 nitrogen and oxygen atoms in total. The molecule has 0 spiro atoms. The average molecular weight is 237 g/mol. The first kappa shape index (κ1) is 11.7. The smallest absolute Gasteiger partial charge is 0.260 e. The highest BCUT2D eigenvalue weighted by atomic mass is 19.4. The molecule has 4 heteroatoms. The van der Waals surface area contributed by atoms with E-state index in [1.165, 1.54) is 6.08 Å². The third-order valence-electron chi connectivity index (χ3n) is 2.47. The first-order chi connectivity index (χ1) is 8.04. The minimum absolute atomic E-state index is 0.224. The summed E-state index contributed by atoms with van der Waals surface area (Å²) < 4.78 is 36.8. The number of alkyl halides is 3. The Kier molecular flexibility index (Phi) is 3.19. The lowest BCUT2D eigenvalue weighted by molar-refractivity contribution is -0.127. The zero-order chi connectivity index (χ0) is 12.3. The molecular weight excluding hydrogens is 227 g/mol. The minimum atomic E-state index is -4.17. The molecule has 0 saturated heterocycles. The van der Waals surface area contributed by atoms with Crippen LogP contribution in [0.1, 0.15) is 24.5 Å². The van der Waals surface area contributed by atoms with E-state index in [1.807, 2.05) is 6.07 Å². The van der Waals surface area contributed by atoms with Gasteiger partial charge in [-0.15, -0.1) is 0 Å². The standard InChI is InChI=1S/C13H10F3N/c14-13(15,16)9-10-4-3-5-11(8-10)12-6-1-2-7-17-12/h1-2,4,6-7,11H,8-9H2. The summed E-state index contributed by atoms with van der Waals surface area (Å²) in [4.78, 5) is 4.12. The maximum Gasteiger partial charge on any atom is 0.392 e. The molecule has 1 aliphatic rings. The van der Waals surface area contributed by atoms with E-state index in [0.29, 0.717) is 12.0 Å². The molecule has 17 heavy (non-hydrogen) atoms. The third-order valence-corrected chi connectivity index (χ3v) is 2.47. The van der Waals surface area contributed by atoms with Gasteiger partial charge in [-0.2, -0.15) is 13.2 Å². The molecular formula is C13H10F3N. The van der Waals surface area contributed by atoms with Crippen molar-refractivity contribution in [3.05, 3.63) is 41.7 Å². The van der Waals surface area contributed by atoms with E-state index in [0.717, 1.165) is 5.69 Å². The van der Waals surface area contributed by atoms with Gasteiger partial charge in [0.15, 0.2) is 0 Å². The van der Waals surface area contributed by atoms with Crippen LogP contribution in [0.25, 0.3) is 0 Å². The lowest BCUT2D eigenvalue weighted by Gasteiger charge is -2.16. The number of halogens is 3. The van der Waals surface area contributed by atoms with Crippen molar-refractivity contribution in [2.24, 2.45) is 0 Å². The van der Waals surface area contributed by atoms with Crippen molar-refractivity contribution in [2.75, 3.05) is 0 Å². The Morgan fingerprint density at radius 3 is 2.82 bits per heavy atom. The van der Waals surface area contributed by atoms with Gasteiger partial charge in [-0.25, -0.2) is 0 Å². The van der Waals surface area contributed by atoms with Crippen LogP contribution in [-0.4, -0.2) is 11.2 Å². The first-order valence-corrected chi connectivity index (χ1v) is 5.21. The van der Waals surface area contributed by atoms with Crippen molar-refractivity contribution in [1.29, 1.82) is 0 Å². The summed E-state index contributed by atoms with van der Waals surface area (Å²) in [5.41, 5.74) is 1.06. The Morgan fingerprint density at radius 2 is 2.18 bits per heavy atom. The van der Waals surface area contributed by atoms with Gasteiger partial charge in [0.2, 0.25) is 0 Å². The Labute approximate surface area is 97.4 Å². The van der Waals surface area contributed by atoms with Crippen LogP contribution < -0.4 is 0 Å². The lowest BCUT2D eigenvalue weighted by Crippen LogP contribution is -2.12. The van der Waals surface area contributed by atoms with E-state index in [4.69, 9.17) is 0 Å². The van der Waals surface area contributed by atoms with Crippen LogP contribution in [0.3, 0.4) is 0 Å². The maximum absolute atomic E-state index is 12.3. The summed E-state index contributed by atoms with van der Waals surface area (Å²) in [6, 6.07) is 5.37. The molecule has 0 bridgehead atoms. The van der Waals surface area contributed by atoms with Crippen molar-refractivity contribution in [1.82, 2.24) is 4.98 Å². The number of pyridine rings is 1. The number of nitrogens with zero attached hydrogens (tertiary/aromatic N) is 1. The number of hydrogen-bond donors (Lipinski definition) is 0. The van der Waals surface area contributed by atoms with Crippen LogP contribution in [0.2, 0.25) is 0 Å². The van der Waals surface area contributed by atoms with E-state index in [-0.39, 0.29) is 5.92 Å². The van der Waals surface area contributed by atoms with Gasteiger partial charge in [-0.05, 0) is 24.6 Å². The number of rotatable bonds is 2. The first-order valence-electron chi connectivity index (χ1n) is 5.21. The van der Waals surface area contributed by atoms with E-state index >= 15 is 0 Å². The van der Waals surface area contributed by atoms with Crippen LogP contribution in [0.15, 0.2) is 36.0 Å². The van der Waals surface area contributed by atoms with Gasteiger partial charge in [-0.1, -0.05) is 23.5 Å². The molecule has 1 heterocycles. The SMILES string of the molecule is FC(F)(F)CC1=CC#CC(c2ccccn2)C1. The zero-order valence-corrected chi connectivity index (χ0v) is 8.96. The van der Waals surface area contributed by atoms with Gasteiger partial charge >= 0.3 is 6.18 Å². The second-order valence-corrected chi connectivity index (χ2v) is 3.89. The van der Waals surface area contributed by atoms with Gasteiger partial charge in [0.05, 0.1) is 18.0 Å². The maximum atomic E-state index is 12.3. The summed E-state index contributed by atoms with van der Waals surface area (Å²) in [6.45, 7) is 0. The molecule has 1 unspecified atom stereocenters. The van der Waals surface area contributed by atoms with Crippen LogP contribution >= 0.6 is 0 Å². The van der Waals surface area contributed by atoms with Crippen LogP contribution in [0.4, 0.5) is 13.2 Å². The van der Waals surface area contributed by atoms with Gasteiger partial charge in [0.1, 0.15) is 0 Å². The Morgan fingerprint density at radius 1 is 1.35 bits per heavy atom. The molecule has 1 aromatic rings. The predicted octanol–water partition coefficient (Wildman–Crippen LogP) is 3.45. The van der Waals surface area contributed by atoms with Gasteiger partial charge < -0.3 is 0 Å². The normalized spacial score (nSPS) is 19.2. The fraction of sp³-hybridized carbons (Fsp3) is 0.308. The molecule has 0 radical (unpaired) electrons. The summed E-state index contributed by atoms with van der Waals surface area (Å²) in [6.07, 6.45) is -1.75. The Hall–Kier alpha value is -1.76.